The van der Waals surface area contributed by atoms with E-state index >= 15 is 0 Å². The summed E-state index contributed by atoms with van der Waals surface area (Å²) in [5.41, 5.74) is 1.88. The molecule has 0 aromatic heterocycles. The van der Waals surface area contributed by atoms with Crippen molar-refractivity contribution in [3.05, 3.63) is 63.1 Å². The van der Waals surface area contributed by atoms with Crippen LogP contribution in [0.5, 0.6) is 5.75 Å². The van der Waals surface area contributed by atoms with Gasteiger partial charge in [0.2, 0.25) is 5.91 Å². The fraction of sp³-hybridized carbons (Fsp3) is 0.200. The van der Waals surface area contributed by atoms with Crippen molar-refractivity contribution in [1.29, 1.82) is 0 Å². The van der Waals surface area contributed by atoms with Crippen molar-refractivity contribution in [3.8, 4) is 5.75 Å². The number of ether oxygens (including phenoxy) is 1. The third kappa shape index (κ3) is 5.74. The molecule has 0 fully saturated rings. The number of carbonyl (C=O) groups is 2. The van der Waals surface area contributed by atoms with Crippen molar-refractivity contribution in [3.63, 3.8) is 0 Å². The van der Waals surface area contributed by atoms with Gasteiger partial charge in [0, 0.05) is 10.6 Å². The highest BCUT2D eigenvalue weighted by atomic mass is 35.5. The van der Waals surface area contributed by atoms with E-state index in [0.29, 0.717) is 39.0 Å². The Labute approximate surface area is 167 Å². The molecule has 5 nitrogen and oxygen atoms in total. The molecule has 0 radical (unpaired) electrons. The average Bonchev–Trinajstić information content (AvgIpc) is 2.62. The molecule has 0 bridgehead atoms. The van der Waals surface area contributed by atoms with Crippen molar-refractivity contribution in [2.24, 2.45) is 0 Å². The number of amides is 1. The summed E-state index contributed by atoms with van der Waals surface area (Å²) in [6.07, 6.45) is 1.88. The van der Waals surface area contributed by atoms with E-state index in [4.69, 9.17) is 27.9 Å². The number of benzene rings is 2. The molecule has 0 saturated carbocycles. The third-order valence-corrected chi connectivity index (χ3v) is 4.39. The Bertz CT molecular complexity index is 894. The van der Waals surface area contributed by atoms with E-state index in [-0.39, 0.29) is 17.9 Å². The number of carboxylic acids is 1. The molecule has 2 aromatic rings. The van der Waals surface area contributed by atoms with Crippen molar-refractivity contribution in [1.82, 2.24) is 0 Å². The van der Waals surface area contributed by atoms with Crippen molar-refractivity contribution < 1.29 is 19.4 Å². The molecule has 0 atom stereocenters. The maximum Gasteiger partial charge on any atom is 0.228 e. The lowest BCUT2D eigenvalue weighted by molar-refractivity contribution is -0.299. The SMILES string of the molecule is CCC(=Cc1ccc(OC)c(CC(=O)Nc2ccc(Cl)cc2Cl)c1)C(=O)[O-]. The fourth-order valence-corrected chi connectivity index (χ4v) is 2.95. The third-order valence-electron chi connectivity index (χ3n) is 3.84. The summed E-state index contributed by atoms with van der Waals surface area (Å²) in [7, 11) is 1.50. The van der Waals surface area contributed by atoms with Crippen LogP contribution in [0.2, 0.25) is 10.0 Å². The van der Waals surface area contributed by atoms with Gasteiger partial charge in [0.1, 0.15) is 5.75 Å². The van der Waals surface area contributed by atoms with E-state index in [1.54, 1.807) is 37.3 Å². The van der Waals surface area contributed by atoms with E-state index in [1.807, 2.05) is 0 Å². The minimum Gasteiger partial charge on any atom is -0.545 e. The number of methoxy groups -OCH3 is 1. The summed E-state index contributed by atoms with van der Waals surface area (Å²) < 4.78 is 5.30. The number of nitrogens with one attached hydrogen (secondary N) is 1. The molecule has 0 heterocycles. The Morgan fingerprint density at radius 2 is 1.93 bits per heavy atom. The molecular formula is C20H18Cl2NO4-. The monoisotopic (exact) mass is 406 g/mol. The smallest absolute Gasteiger partial charge is 0.228 e. The number of carboxylic acid groups (broad SMARTS) is 1. The van der Waals surface area contributed by atoms with Crippen LogP contribution in [-0.4, -0.2) is 19.0 Å². The molecule has 1 N–H and O–H groups in total. The Balaban J connectivity index is 2.24. The van der Waals surface area contributed by atoms with Crippen LogP contribution in [0.4, 0.5) is 5.69 Å². The predicted octanol–water partition coefficient (Wildman–Crippen LogP) is 3.73. The van der Waals surface area contributed by atoms with Crippen molar-refractivity contribution in [2.75, 3.05) is 12.4 Å². The van der Waals surface area contributed by atoms with E-state index in [9.17, 15) is 14.7 Å². The molecule has 0 unspecified atom stereocenters. The lowest BCUT2D eigenvalue weighted by atomic mass is 10.0. The molecule has 0 aliphatic carbocycles. The van der Waals surface area contributed by atoms with E-state index in [0.717, 1.165) is 0 Å². The van der Waals surface area contributed by atoms with Gasteiger partial charge < -0.3 is 20.0 Å². The van der Waals surface area contributed by atoms with Gasteiger partial charge in [-0.2, -0.15) is 0 Å². The van der Waals surface area contributed by atoms with E-state index in [1.165, 1.54) is 19.3 Å². The van der Waals surface area contributed by atoms with Crippen LogP contribution in [0.3, 0.4) is 0 Å². The Morgan fingerprint density at radius 1 is 1.19 bits per heavy atom. The normalized spacial score (nSPS) is 11.2. The minimum absolute atomic E-state index is 0.0244. The largest absolute Gasteiger partial charge is 0.545 e. The Hall–Kier alpha value is -2.50. The minimum atomic E-state index is -1.22. The topological polar surface area (TPSA) is 78.5 Å². The maximum atomic E-state index is 12.4. The second kappa shape index (κ2) is 9.44. The van der Waals surface area contributed by atoms with Crippen LogP contribution in [0.15, 0.2) is 42.0 Å². The van der Waals surface area contributed by atoms with Gasteiger partial charge in [0.15, 0.2) is 0 Å². The lowest BCUT2D eigenvalue weighted by Crippen LogP contribution is -2.24. The molecule has 142 valence electrons. The van der Waals surface area contributed by atoms with Crippen molar-refractivity contribution >= 4 is 46.8 Å². The summed E-state index contributed by atoms with van der Waals surface area (Å²) in [6, 6.07) is 9.90. The number of hydrogen-bond acceptors (Lipinski definition) is 4. The molecule has 2 rings (SSSR count). The van der Waals surface area contributed by atoms with Gasteiger partial charge in [-0.15, -0.1) is 0 Å². The van der Waals surface area contributed by atoms with E-state index in [2.05, 4.69) is 5.32 Å². The predicted molar refractivity (Wildman–Crippen MR) is 105 cm³/mol. The van der Waals surface area contributed by atoms with Crippen LogP contribution in [-0.2, 0) is 16.0 Å². The first-order chi connectivity index (χ1) is 12.8. The zero-order valence-corrected chi connectivity index (χ0v) is 16.4. The molecule has 0 aliphatic rings. The summed E-state index contributed by atoms with van der Waals surface area (Å²) in [6.45, 7) is 1.73. The van der Waals surface area contributed by atoms with Gasteiger partial charge in [-0.3, -0.25) is 4.79 Å². The first kappa shape index (κ1) is 20.8. The highest BCUT2D eigenvalue weighted by Crippen LogP contribution is 2.27. The van der Waals surface area contributed by atoms with Gasteiger partial charge in [-0.25, -0.2) is 0 Å². The fourth-order valence-electron chi connectivity index (χ4n) is 2.49. The highest BCUT2D eigenvalue weighted by molar-refractivity contribution is 6.36. The van der Waals surface area contributed by atoms with Gasteiger partial charge in [0.25, 0.3) is 0 Å². The van der Waals surface area contributed by atoms with Crippen LogP contribution in [0.1, 0.15) is 24.5 Å². The lowest BCUT2D eigenvalue weighted by Gasteiger charge is -2.12. The quantitative estimate of drug-likeness (QED) is 0.710. The van der Waals surface area contributed by atoms with Gasteiger partial charge in [0.05, 0.1) is 30.2 Å². The van der Waals surface area contributed by atoms with Gasteiger partial charge in [-0.1, -0.05) is 36.2 Å². The zero-order valence-electron chi connectivity index (χ0n) is 14.8. The van der Waals surface area contributed by atoms with Crippen LogP contribution in [0, 0.1) is 0 Å². The molecule has 0 spiro atoms. The average molecular weight is 407 g/mol. The summed E-state index contributed by atoms with van der Waals surface area (Å²) >= 11 is 11.9. The molecule has 1 amide bonds. The summed E-state index contributed by atoms with van der Waals surface area (Å²) in [5, 5.41) is 14.6. The number of anilines is 1. The van der Waals surface area contributed by atoms with Crippen LogP contribution < -0.4 is 15.2 Å². The first-order valence-electron chi connectivity index (χ1n) is 8.17. The molecule has 2 aromatic carbocycles. The highest BCUT2D eigenvalue weighted by Gasteiger charge is 2.12. The molecule has 0 aliphatic heterocycles. The second-order valence-corrected chi connectivity index (χ2v) is 6.57. The maximum absolute atomic E-state index is 12.4. The number of carbonyl (C=O) groups excluding carboxylic acids is 2. The first-order valence-corrected chi connectivity index (χ1v) is 8.93. The molecular weight excluding hydrogens is 389 g/mol. The Morgan fingerprint density at radius 3 is 2.52 bits per heavy atom. The van der Waals surface area contributed by atoms with Crippen molar-refractivity contribution in [2.45, 2.75) is 19.8 Å². The second-order valence-electron chi connectivity index (χ2n) is 5.73. The number of rotatable bonds is 7. The molecule has 0 saturated heterocycles. The molecule has 27 heavy (non-hydrogen) atoms. The Kier molecular flexibility index (Phi) is 7.28. The number of halogens is 2. The van der Waals surface area contributed by atoms with E-state index < -0.39 is 5.97 Å². The van der Waals surface area contributed by atoms with Crippen LogP contribution >= 0.6 is 23.2 Å². The number of hydrogen-bond donors (Lipinski definition) is 1. The standard InChI is InChI=1S/C20H19Cl2NO4/c1-3-13(20(25)26)8-12-4-7-18(27-2)14(9-12)10-19(24)23-17-6-5-15(21)11-16(17)22/h4-9,11H,3,10H2,1-2H3,(H,23,24)(H,25,26)/p-1. The van der Waals surface area contributed by atoms with Gasteiger partial charge in [-0.05, 0) is 54.0 Å². The van der Waals surface area contributed by atoms with Crippen LogP contribution in [0.25, 0.3) is 6.08 Å². The summed E-state index contributed by atoms with van der Waals surface area (Å²) in [4.78, 5) is 23.5. The zero-order chi connectivity index (χ0) is 20.0. The molecule has 7 heteroatoms. The summed E-state index contributed by atoms with van der Waals surface area (Å²) in [5.74, 6) is -0.990. The van der Waals surface area contributed by atoms with Gasteiger partial charge >= 0.3 is 0 Å². The number of aliphatic carboxylic acids is 1.